The molecule has 0 aliphatic heterocycles. The molecule has 18 heavy (non-hydrogen) atoms. The molecule has 0 spiro atoms. The first-order valence-electron chi connectivity index (χ1n) is 6.02. The summed E-state index contributed by atoms with van der Waals surface area (Å²) in [4.78, 5) is 0. The zero-order valence-electron chi connectivity index (χ0n) is 11.1. The summed E-state index contributed by atoms with van der Waals surface area (Å²) in [5, 5.41) is 7.90. The Bertz CT molecular complexity index is 473. The van der Waals surface area contributed by atoms with E-state index in [0.29, 0.717) is 6.04 Å². The minimum Gasteiger partial charge on any atom is -0.353 e. The Labute approximate surface area is 114 Å². The molecule has 2 rings (SSSR count). The van der Waals surface area contributed by atoms with Gasteiger partial charge in [-0.25, -0.2) is 0 Å². The molecule has 0 atom stereocenters. The molecule has 1 N–H and O–H groups in total. The third-order valence-corrected chi connectivity index (χ3v) is 2.86. The third kappa shape index (κ3) is 3.62. The van der Waals surface area contributed by atoms with Crippen LogP contribution in [0.3, 0.4) is 0 Å². The normalized spacial score (nSPS) is 10.7. The molecule has 5 heteroatoms. The van der Waals surface area contributed by atoms with Gasteiger partial charge in [-0.05, 0) is 32.0 Å². The fourth-order valence-electron chi connectivity index (χ4n) is 1.76. The first-order chi connectivity index (χ1) is 8.16. The maximum atomic E-state index is 4.50. The summed E-state index contributed by atoms with van der Waals surface area (Å²) < 4.78 is 4.11. The minimum absolute atomic E-state index is 0. The van der Waals surface area contributed by atoms with Crippen LogP contribution in [0.1, 0.15) is 31.3 Å². The van der Waals surface area contributed by atoms with E-state index in [0.717, 1.165) is 18.8 Å². The molecule has 0 saturated carbocycles. The molecule has 0 aliphatic rings. The molecule has 0 unspecified atom stereocenters. The monoisotopic (exact) mass is 268 g/mol. The zero-order valence-corrected chi connectivity index (χ0v) is 11.9. The summed E-state index contributed by atoms with van der Waals surface area (Å²) in [6, 6.07) is 6.68. The average Bonchev–Trinajstić information content (AvgIpc) is 2.89. The topological polar surface area (TPSA) is 34.8 Å². The molecule has 2 aromatic rings. The minimum atomic E-state index is 0. The molecule has 0 amide bonds. The summed E-state index contributed by atoms with van der Waals surface area (Å²) in [5.74, 6) is 0. The van der Waals surface area contributed by atoms with E-state index in [1.165, 1.54) is 5.69 Å². The van der Waals surface area contributed by atoms with Crippen LogP contribution in [-0.4, -0.2) is 14.3 Å². The van der Waals surface area contributed by atoms with Crippen molar-refractivity contribution in [2.75, 3.05) is 0 Å². The van der Waals surface area contributed by atoms with E-state index in [4.69, 9.17) is 0 Å². The van der Waals surface area contributed by atoms with E-state index in [1.54, 1.807) is 0 Å². The third-order valence-electron chi connectivity index (χ3n) is 2.86. The molecule has 0 saturated heterocycles. The highest BCUT2D eigenvalue weighted by Gasteiger charge is 2.02. The molecule has 4 nitrogen and oxygen atoms in total. The van der Waals surface area contributed by atoms with Gasteiger partial charge in [0.1, 0.15) is 0 Å². The molecule has 2 aromatic heterocycles. The molecule has 0 aromatic carbocycles. The highest BCUT2D eigenvalue weighted by atomic mass is 35.5. The van der Waals surface area contributed by atoms with Gasteiger partial charge in [0.05, 0.1) is 5.69 Å². The fourth-order valence-corrected chi connectivity index (χ4v) is 1.76. The van der Waals surface area contributed by atoms with Crippen LogP contribution >= 0.6 is 12.4 Å². The van der Waals surface area contributed by atoms with E-state index in [2.05, 4.69) is 60.3 Å². The first kappa shape index (κ1) is 14.8. The van der Waals surface area contributed by atoms with Crippen molar-refractivity contribution in [3.8, 4) is 0 Å². The van der Waals surface area contributed by atoms with Crippen molar-refractivity contribution in [3.05, 3.63) is 42.0 Å². The van der Waals surface area contributed by atoms with Crippen molar-refractivity contribution in [3.63, 3.8) is 0 Å². The second-order valence-electron chi connectivity index (χ2n) is 4.59. The molecular weight excluding hydrogens is 248 g/mol. The van der Waals surface area contributed by atoms with E-state index in [9.17, 15) is 0 Å². The van der Waals surface area contributed by atoms with Crippen molar-refractivity contribution in [1.82, 2.24) is 19.7 Å². The summed E-state index contributed by atoms with van der Waals surface area (Å²) in [7, 11) is 2.06. The maximum Gasteiger partial charge on any atom is 0.0762 e. The van der Waals surface area contributed by atoms with Crippen molar-refractivity contribution < 1.29 is 0 Å². The van der Waals surface area contributed by atoms with Gasteiger partial charge in [0.25, 0.3) is 0 Å². The SMILES string of the molecule is CC(C)n1ccc(CNCc2cccn2C)n1.Cl. The quantitative estimate of drug-likeness (QED) is 0.904. The number of nitrogens with one attached hydrogen (secondary N) is 1. The Hall–Kier alpha value is -1.26. The number of aromatic nitrogens is 3. The van der Waals surface area contributed by atoms with Crippen molar-refractivity contribution in [2.24, 2.45) is 7.05 Å². The number of nitrogens with zero attached hydrogens (tertiary/aromatic N) is 3. The van der Waals surface area contributed by atoms with Crippen molar-refractivity contribution in [2.45, 2.75) is 33.0 Å². The molecule has 100 valence electrons. The average molecular weight is 269 g/mol. The molecule has 0 fully saturated rings. The molecule has 2 heterocycles. The maximum absolute atomic E-state index is 4.50. The summed E-state index contributed by atoms with van der Waals surface area (Å²) >= 11 is 0. The van der Waals surface area contributed by atoms with Gasteiger partial charge in [-0.1, -0.05) is 0 Å². The number of hydrogen-bond acceptors (Lipinski definition) is 2. The van der Waals surface area contributed by atoms with Crippen LogP contribution < -0.4 is 5.32 Å². The standard InChI is InChI=1S/C13H20N4.ClH/c1-11(2)17-8-6-12(15-17)9-14-10-13-5-4-7-16(13)3;/h4-8,11,14H,9-10H2,1-3H3;1H. The fraction of sp³-hybridized carbons (Fsp3) is 0.462. The lowest BCUT2D eigenvalue weighted by atomic mass is 10.4. The van der Waals surface area contributed by atoms with Crippen LogP contribution in [0.5, 0.6) is 0 Å². The lowest BCUT2D eigenvalue weighted by molar-refractivity contribution is 0.520. The number of rotatable bonds is 5. The van der Waals surface area contributed by atoms with Crippen LogP contribution in [0.2, 0.25) is 0 Å². The second kappa shape index (κ2) is 6.61. The summed E-state index contributed by atoms with van der Waals surface area (Å²) in [6.07, 6.45) is 4.09. The lowest BCUT2D eigenvalue weighted by Crippen LogP contribution is -2.15. The van der Waals surface area contributed by atoms with Gasteiger partial charge < -0.3 is 9.88 Å². The Morgan fingerprint density at radius 1 is 1.22 bits per heavy atom. The van der Waals surface area contributed by atoms with E-state index in [-0.39, 0.29) is 12.4 Å². The Balaban J connectivity index is 0.00000162. The van der Waals surface area contributed by atoms with Gasteiger partial charge in [0, 0.05) is 44.3 Å². The molecule has 0 radical (unpaired) electrons. The predicted octanol–water partition coefficient (Wildman–Crippen LogP) is 2.51. The molecule has 0 bridgehead atoms. The van der Waals surface area contributed by atoms with Gasteiger partial charge in [0.2, 0.25) is 0 Å². The van der Waals surface area contributed by atoms with Gasteiger partial charge in [-0.2, -0.15) is 5.10 Å². The number of halogens is 1. The second-order valence-corrected chi connectivity index (χ2v) is 4.59. The van der Waals surface area contributed by atoms with E-state index >= 15 is 0 Å². The predicted molar refractivity (Wildman–Crippen MR) is 75.8 cm³/mol. The van der Waals surface area contributed by atoms with E-state index < -0.39 is 0 Å². The molecule has 0 aliphatic carbocycles. The highest BCUT2D eigenvalue weighted by molar-refractivity contribution is 5.85. The van der Waals surface area contributed by atoms with Crippen LogP contribution in [0, 0.1) is 0 Å². The lowest BCUT2D eigenvalue weighted by Gasteiger charge is -2.05. The Morgan fingerprint density at radius 2 is 2.00 bits per heavy atom. The summed E-state index contributed by atoms with van der Waals surface area (Å²) in [5.41, 5.74) is 2.38. The van der Waals surface area contributed by atoms with Gasteiger partial charge in [-0.15, -0.1) is 12.4 Å². The largest absolute Gasteiger partial charge is 0.353 e. The van der Waals surface area contributed by atoms with Crippen LogP contribution in [0.25, 0.3) is 0 Å². The number of aryl methyl sites for hydroxylation is 1. The van der Waals surface area contributed by atoms with Crippen molar-refractivity contribution >= 4 is 12.4 Å². The molecular formula is C13H21ClN4. The van der Waals surface area contributed by atoms with Gasteiger partial charge in [-0.3, -0.25) is 4.68 Å². The number of hydrogen-bond donors (Lipinski definition) is 1. The first-order valence-corrected chi connectivity index (χ1v) is 6.02. The van der Waals surface area contributed by atoms with Crippen LogP contribution in [0.15, 0.2) is 30.6 Å². The Kier molecular flexibility index (Phi) is 5.44. The van der Waals surface area contributed by atoms with E-state index in [1.807, 2.05) is 10.9 Å². The zero-order chi connectivity index (χ0) is 12.3. The van der Waals surface area contributed by atoms with Crippen LogP contribution in [-0.2, 0) is 20.1 Å². The smallest absolute Gasteiger partial charge is 0.0762 e. The van der Waals surface area contributed by atoms with Gasteiger partial charge in [0.15, 0.2) is 0 Å². The van der Waals surface area contributed by atoms with Crippen molar-refractivity contribution in [1.29, 1.82) is 0 Å². The van der Waals surface area contributed by atoms with Crippen LogP contribution in [0.4, 0.5) is 0 Å². The highest BCUT2D eigenvalue weighted by Crippen LogP contribution is 2.04. The summed E-state index contributed by atoms with van der Waals surface area (Å²) in [6.45, 7) is 5.95. The van der Waals surface area contributed by atoms with Gasteiger partial charge >= 0.3 is 0 Å². The Morgan fingerprint density at radius 3 is 2.56 bits per heavy atom.